The van der Waals surface area contributed by atoms with Crippen molar-refractivity contribution >= 4 is 22.6 Å². The van der Waals surface area contributed by atoms with Crippen molar-refractivity contribution in [1.29, 1.82) is 0 Å². The van der Waals surface area contributed by atoms with Crippen molar-refractivity contribution in [3.8, 4) is 0 Å². The van der Waals surface area contributed by atoms with E-state index >= 15 is 0 Å². The molecule has 0 saturated heterocycles. The summed E-state index contributed by atoms with van der Waals surface area (Å²) in [5.74, 6) is 0. The normalized spacial score (nSPS) is 7.50. The van der Waals surface area contributed by atoms with Crippen LogP contribution in [0.1, 0.15) is 0 Å². The molecule has 0 aliphatic heterocycles. The Bertz CT molecular complexity index is 22.4. The number of hydrogen-bond donors (Lipinski definition) is 0. The molecule has 0 heterocycles. The van der Waals surface area contributed by atoms with Crippen molar-refractivity contribution in [3.05, 3.63) is 0 Å². The summed E-state index contributed by atoms with van der Waals surface area (Å²) in [4.78, 5) is 1.97. The summed E-state index contributed by atoms with van der Waals surface area (Å²) < 4.78 is 9.31. The Hall–Kier alpha value is 0.650. The molecule has 0 aromatic heterocycles. The topological polar surface area (TPSA) is 18.5 Å². The molecule has 0 aliphatic carbocycles. The molecule has 0 rings (SSSR count). The van der Waals surface area contributed by atoms with Gasteiger partial charge in [0.25, 0.3) is 0 Å². The lowest BCUT2D eigenvalue weighted by Gasteiger charge is -1.91. The molecule has 0 N–H and O–H groups in total. The summed E-state index contributed by atoms with van der Waals surface area (Å²) in [7, 11) is 3.30. The van der Waals surface area contributed by atoms with E-state index in [0.29, 0.717) is 13.2 Å². The van der Waals surface area contributed by atoms with Crippen LogP contribution in [0.25, 0.3) is 0 Å². The Labute approximate surface area is 64.7 Å². The second kappa shape index (κ2) is 15.6. The van der Waals surface area contributed by atoms with E-state index < -0.39 is 0 Å². The van der Waals surface area contributed by atoms with Gasteiger partial charge in [-0.2, -0.15) is 0 Å². The number of halogens is 1. The summed E-state index contributed by atoms with van der Waals surface area (Å²) in [5.41, 5.74) is 0. The third kappa shape index (κ3) is 15.9. The minimum absolute atomic E-state index is 0.691. The van der Waals surface area contributed by atoms with Crippen LogP contribution >= 0.6 is 22.6 Å². The van der Waals surface area contributed by atoms with Gasteiger partial charge >= 0.3 is 0 Å². The molecule has 0 amide bonds. The summed E-state index contributed by atoms with van der Waals surface area (Å²) in [6, 6.07) is 0. The van der Waals surface area contributed by atoms with Gasteiger partial charge in [0.2, 0.25) is 0 Å². The zero-order valence-corrected chi connectivity index (χ0v) is 7.77. The van der Waals surface area contributed by atoms with Crippen molar-refractivity contribution < 1.29 is 9.47 Å². The van der Waals surface area contributed by atoms with Crippen molar-refractivity contribution in [1.82, 2.24) is 0 Å². The molecule has 2 nitrogen and oxygen atoms in total. The molecular weight excluding hydrogens is 219 g/mol. The van der Waals surface area contributed by atoms with Gasteiger partial charge in [-0.1, -0.05) is 22.6 Å². The van der Waals surface area contributed by atoms with E-state index in [0.717, 1.165) is 0 Å². The van der Waals surface area contributed by atoms with E-state index in [-0.39, 0.29) is 0 Å². The smallest absolute Gasteiger partial charge is 0.0696 e. The number of methoxy groups -OCH3 is 2. The lowest BCUT2D eigenvalue weighted by Crippen LogP contribution is -1.96. The van der Waals surface area contributed by atoms with E-state index in [1.165, 1.54) is 0 Å². The highest BCUT2D eigenvalue weighted by Gasteiger charge is 1.73. The van der Waals surface area contributed by atoms with Crippen LogP contribution in [-0.2, 0) is 9.47 Å². The number of hydrogen-bond acceptors (Lipinski definition) is 2. The number of ether oxygens (including phenoxy) is 2. The maximum Gasteiger partial charge on any atom is 0.0696 e. The van der Waals surface area contributed by atoms with Gasteiger partial charge in [-0.05, 0) is 4.93 Å². The molecule has 0 fully saturated rings. The van der Waals surface area contributed by atoms with Crippen LogP contribution in [0.5, 0.6) is 0 Å². The highest BCUT2D eigenvalue weighted by atomic mass is 127. The lowest BCUT2D eigenvalue weighted by atomic mass is 10.8. The van der Waals surface area contributed by atoms with Gasteiger partial charge in [-0.25, -0.2) is 0 Å². The van der Waals surface area contributed by atoms with Crippen LogP contribution in [0.15, 0.2) is 0 Å². The second-order valence-corrected chi connectivity index (χ2v) is 0.986. The standard InChI is InChI=1S/C4H10O2.CH3I/c1-5-3-4-6-2;1-2/h3-4H2,1-2H3;1H3. The van der Waals surface area contributed by atoms with E-state index in [1.807, 2.05) is 4.93 Å². The molecule has 52 valence electrons. The third-order valence-electron chi connectivity index (χ3n) is 0.492. The van der Waals surface area contributed by atoms with Crippen LogP contribution in [0.3, 0.4) is 0 Å². The molecule has 0 spiro atoms. The molecule has 0 atom stereocenters. The Morgan fingerprint density at radius 3 is 1.38 bits per heavy atom. The fourth-order valence-corrected chi connectivity index (χ4v) is 0.167. The molecule has 0 aliphatic rings. The van der Waals surface area contributed by atoms with Crippen LogP contribution < -0.4 is 0 Å². The summed E-state index contributed by atoms with van der Waals surface area (Å²) in [6.45, 7) is 1.38. The molecule has 0 unspecified atom stereocenters. The highest BCUT2D eigenvalue weighted by molar-refractivity contribution is 14.1. The molecule has 0 radical (unpaired) electrons. The first kappa shape index (κ1) is 11.4. The molecule has 0 bridgehead atoms. The maximum absolute atomic E-state index is 4.66. The Morgan fingerprint density at radius 1 is 1.00 bits per heavy atom. The number of alkyl halides is 1. The SMILES string of the molecule is CI.COCCOC. The summed E-state index contributed by atoms with van der Waals surface area (Å²) >= 11 is 2.15. The van der Waals surface area contributed by atoms with Crippen molar-refractivity contribution in [3.63, 3.8) is 0 Å². The van der Waals surface area contributed by atoms with E-state index in [9.17, 15) is 0 Å². The van der Waals surface area contributed by atoms with Crippen LogP contribution in [-0.4, -0.2) is 32.4 Å². The zero-order valence-electron chi connectivity index (χ0n) is 5.61. The first-order chi connectivity index (χ1) is 3.91. The predicted octanol–water partition coefficient (Wildman–Crippen LogP) is 1.33. The monoisotopic (exact) mass is 232 g/mol. The molecule has 0 saturated carbocycles. The third-order valence-corrected chi connectivity index (χ3v) is 0.492. The van der Waals surface area contributed by atoms with Crippen LogP contribution in [0.4, 0.5) is 0 Å². The van der Waals surface area contributed by atoms with E-state index in [1.54, 1.807) is 14.2 Å². The van der Waals surface area contributed by atoms with Gasteiger partial charge in [0.05, 0.1) is 13.2 Å². The average Bonchev–Trinajstić information content (AvgIpc) is 1.88. The van der Waals surface area contributed by atoms with Gasteiger partial charge in [-0.3, -0.25) is 0 Å². The molecule has 3 heteroatoms. The van der Waals surface area contributed by atoms with Crippen LogP contribution in [0, 0.1) is 0 Å². The average molecular weight is 232 g/mol. The first-order valence-corrected chi connectivity index (χ1v) is 4.43. The highest BCUT2D eigenvalue weighted by Crippen LogP contribution is 1.65. The summed E-state index contributed by atoms with van der Waals surface area (Å²) in [6.07, 6.45) is 0. The van der Waals surface area contributed by atoms with Gasteiger partial charge in [0.15, 0.2) is 0 Å². The van der Waals surface area contributed by atoms with Gasteiger partial charge in [0, 0.05) is 14.2 Å². The fourth-order valence-electron chi connectivity index (χ4n) is 0.167. The van der Waals surface area contributed by atoms with Crippen LogP contribution in [0.2, 0.25) is 0 Å². The molecule has 8 heavy (non-hydrogen) atoms. The quantitative estimate of drug-likeness (QED) is 0.415. The minimum Gasteiger partial charge on any atom is -0.382 e. The molecule has 0 aromatic carbocycles. The van der Waals surface area contributed by atoms with Crippen molar-refractivity contribution in [2.24, 2.45) is 0 Å². The van der Waals surface area contributed by atoms with Gasteiger partial charge < -0.3 is 9.47 Å². The lowest BCUT2D eigenvalue weighted by molar-refractivity contribution is 0.103. The second-order valence-electron chi connectivity index (χ2n) is 0.986. The zero-order chi connectivity index (χ0) is 6.83. The molecule has 0 aromatic rings. The molecular formula is C5H13IO2. The van der Waals surface area contributed by atoms with Crippen molar-refractivity contribution in [2.75, 3.05) is 32.4 Å². The van der Waals surface area contributed by atoms with Gasteiger partial charge in [0.1, 0.15) is 0 Å². The minimum atomic E-state index is 0.691. The number of rotatable bonds is 3. The Kier molecular flexibility index (Phi) is 22.4. The predicted molar refractivity (Wildman–Crippen MR) is 43.7 cm³/mol. The van der Waals surface area contributed by atoms with Crippen molar-refractivity contribution in [2.45, 2.75) is 0 Å². The largest absolute Gasteiger partial charge is 0.382 e. The van der Waals surface area contributed by atoms with Gasteiger partial charge in [-0.15, -0.1) is 0 Å². The van der Waals surface area contributed by atoms with E-state index in [2.05, 4.69) is 32.1 Å². The Balaban J connectivity index is 0. The maximum atomic E-state index is 4.66. The first-order valence-electron chi connectivity index (χ1n) is 2.27. The Morgan fingerprint density at radius 2 is 1.25 bits per heavy atom. The fraction of sp³-hybridized carbons (Fsp3) is 1.00. The summed E-state index contributed by atoms with van der Waals surface area (Å²) in [5, 5.41) is 0. The van der Waals surface area contributed by atoms with E-state index in [4.69, 9.17) is 0 Å².